The molecule has 36 heavy (non-hydrogen) atoms. The largest absolute Gasteiger partial charge is 0.387 e. The van der Waals surface area contributed by atoms with E-state index in [0.717, 1.165) is 10.2 Å². The van der Waals surface area contributed by atoms with Crippen LogP contribution in [0.15, 0.2) is 42.6 Å². The van der Waals surface area contributed by atoms with Crippen molar-refractivity contribution in [1.29, 1.82) is 0 Å². The van der Waals surface area contributed by atoms with Gasteiger partial charge in [-0.3, -0.25) is 9.13 Å². The fourth-order valence-corrected chi connectivity index (χ4v) is 6.61. The third-order valence-electron chi connectivity index (χ3n) is 5.55. The van der Waals surface area contributed by atoms with Gasteiger partial charge in [-0.25, -0.2) is 14.1 Å². The van der Waals surface area contributed by atoms with Crippen LogP contribution in [0.2, 0.25) is 5.15 Å². The van der Waals surface area contributed by atoms with E-state index in [9.17, 15) is 19.1 Å². The molecule has 0 aliphatic carbocycles. The maximum absolute atomic E-state index is 15.0. The summed E-state index contributed by atoms with van der Waals surface area (Å²) >= 11 is 6.22. The Balaban J connectivity index is 1.55. The van der Waals surface area contributed by atoms with Crippen LogP contribution in [0.3, 0.4) is 0 Å². The lowest BCUT2D eigenvalue weighted by Gasteiger charge is -2.18. The number of alkyl halides is 1. The zero-order valence-electron chi connectivity index (χ0n) is 18.8. The monoisotopic (exact) mass is 564 g/mol. The standard InChI is InChI=1S/C20H24ClFN4O8P2/c1-11(12-5-3-2-4-6-12)24-14-7-16(21)25-19-13(14)8-23-26(19)20-17(22)18(27)15(34-20)9-33-36(31,32)10-35(28,29)30/h2-8,11,15,17-18,20,27H,9-10H2,1H3,(H,24,25)(H,31,32)(H2,28,29,30)/t11-,15+,17-,18+,20+/m0/s1. The smallest absolute Gasteiger partial charge is 0.340 e. The number of benzene rings is 1. The molecule has 0 spiro atoms. The molecule has 2 aromatic heterocycles. The van der Waals surface area contributed by atoms with Gasteiger partial charge in [-0.2, -0.15) is 5.10 Å². The van der Waals surface area contributed by atoms with Crippen LogP contribution in [-0.4, -0.2) is 65.4 Å². The van der Waals surface area contributed by atoms with E-state index in [0.29, 0.717) is 11.1 Å². The number of halogens is 2. The normalized spacial score (nSPS) is 25.1. The second-order valence-corrected chi connectivity index (χ2v) is 12.7. The summed E-state index contributed by atoms with van der Waals surface area (Å²) in [6.45, 7) is 1.16. The fraction of sp³-hybridized carbons (Fsp3) is 0.400. The minimum atomic E-state index is -4.85. The van der Waals surface area contributed by atoms with Crippen molar-refractivity contribution in [2.24, 2.45) is 0 Å². The number of pyridine rings is 1. The molecule has 1 aromatic carbocycles. The Kier molecular flexibility index (Phi) is 7.87. The molecule has 0 amide bonds. The summed E-state index contributed by atoms with van der Waals surface area (Å²) in [6.07, 6.45) is -5.26. The summed E-state index contributed by atoms with van der Waals surface area (Å²) in [5.74, 6) is -1.42. The molecule has 1 saturated heterocycles. The SMILES string of the molecule is C[C@H](Nc1cc(Cl)nc2c1cnn2[C@@H]1O[C@H](COP(=O)(O)CP(=O)(O)O)[C@@H](O)[C@@H]1F)c1ccccc1. The Labute approximate surface area is 209 Å². The van der Waals surface area contributed by atoms with Crippen molar-refractivity contribution in [2.75, 3.05) is 17.8 Å². The number of rotatable bonds is 9. The Morgan fingerprint density at radius 3 is 2.64 bits per heavy atom. The van der Waals surface area contributed by atoms with Gasteiger partial charge in [0.15, 0.2) is 23.9 Å². The molecular formula is C20H24ClFN4O8P2. The highest BCUT2D eigenvalue weighted by Gasteiger charge is 2.47. The highest BCUT2D eigenvalue weighted by Crippen LogP contribution is 2.55. The number of hydrogen-bond acceptors (Lipinski definition) is 8. The molecule has 0 radical (unpaired) electrons. The third kappa shape index (κ3) is 6.13. The van der Waals surface area contributed by atoms with Crippen LogP contribution in [-0.2, 0) is 18.4 Å². The molecule has 6 atom stereocenters. The van der Waals surface area contributed by atoms with Gasteiger partial charge in [-0.15, -0.1) is 0 Å². The van der Waals surface area contributed by atoms with Crippen molar-refractivity contribution in [3.8, 4) is 0 Å². The Hall–Kier alpha value is -1.92. The molecular weight excluding hydrogens is 541 g/mol. The molecule has 0 bridgehead atoms. The number of aromatic nitrogens is 3. The van der Waals surface area contributed by atoms with Gasteiger partial charge in [0.05, 0.1) is 23.9 Å². The van der Waals surface area contributed by atoms with Crippen molar-refractivity contribution in [2.45, 2.75) is 37.6 Å². The predicted octanol–water partition coefficient (Wildman–Crippen LogP) is 3.19. The lowest BCUT2D eigenvalue weighted by atomic mass is 10.1. The zero-order valence-corrected chi connectivity index (χ0v) is 21.3. The number of anilines is 1. The van der Waals surface area contributed by atoms with Crippen LogP contribution >= 0.6 is 26.8 Å². The Morgan fingerprint density at radius 1 is 1.28 bits per heavy atom. The molecule has 3 heterocycles. The number of nitrogens with zero attached hydrogens (tertiary/aromatic N) is 3. The van der Waals surface area contributed by atoms with Gasteiger partial charge in [0.1, 0.15) is 17.4 Å². The average Bonchev–Trinajstić information content (AvgIpc) is 3.32. The van der Waals surface area contributed by atoms with Gasteiger partial charge in [0.25, 0.3) is 0 Å². The molecule has 1 unspecified atom stereocenters. The summed E-state index contributed by atoms with van der Waals surface area (Å²) in [5.41, 5.74) is 1.76. The summed E-state index contributed by atoms with van der Waals surface area (Å²) in [7, 11) is -9.57. The molecule has 3 aromatic rings. The number of ether oxygens (including phenoxy) is 1. The third-order valence-corrected chi connectivity index (χ3v) is 9.20. The van der Waals surface area contributed by atoms with Gasteiger partial charge < -0.3 is 34.4 Å². The van der Waals surface area contributed by atoms with Gasteiger partial charge in [0, 0.05) is 6.04 Å². The maximum Gasteiger partial charge on any atom is 0.340 e. The number of fused-ring (bicyclic) bond motifs is 1. The summed E-state index contributed by atoms with van der Waals surface area (Å²) < 4.78 is 49.2. The van der Waals surface area contributed by atoms with Crippen LogP contribution < -0.4 is 5.32 Å². The van der Waals surface area contributed by atoms with E-state index in [1.165, 1.54) is 6.20 Å². The lowest BCUT2D eigenvalue weighted by Crippen LogP contribution is -2.31. The van der Waals surface area contributed by atoms with E-state index < -0.39 is 52.3 Å². The first-order valence-corrected chi connectivity index (χ1v) is 14.6. The van der Waals surface area contributed by atoms with E-state index >= 15 is 4.39 Å². The van der Waals surface area contributed by atoms with Crippen LogP contribution in [0.25, 0.3) is 11.0 Å². The molecule has 1 aliphatic heterocycles. The quantitative estimate of drug-likeness (QED) is 0.190. The van der Waals surface area contributed by atoms with Crippen molar-refractivity contribution >= 4 is 43.5 Å². The second-order valence-electron chi connectivity index (χ2n) is 8.34. The number of nitrogens with one attached hydrogen (secondary N) is 1. The minimum Gasteiger partial charge on any atom is -0.387 e. The molecule has 4 rings (SSSR count). The maximum atomic E-state index is 15.0. The topological polar surface area (TPSA) is 176 Å². The van der Waals surface area contributed by atoms with E-state index in [4.69, 9.17) is 26.1 Å². The van der Waals surface area contributed by atoms with Crippen LogP contribution in [0, 0.1) is 0 Å². The molecule has 5 N–H and O–H groups in total. The average molecular weight is 565 g/mol. The fourth-order valence-electron chi connectivity index (χ4n) is 3.85. The summed E-state index contributed by atoms with van der Waals surface area (Å²) in [4.78, 5) is 31.6. The lowest BCUT2D eigenvalue weighted by molar-refractivity contribution is -0.0472. The van der Waals surface area contributed by atoms with E-state index in [-0.39, 0.29) is 16.8 Å². The number of aliphatic hydroxyl groups excluding tert-OH is 1. The van der Waals surface area contributed by atoms with Gasteiger partial charge in [-0.05, 0) is 18.6 Å². The van der Waals surface area contributed by atoms with Crippen molar-refractivity contribution in [1.82, 2.24) is 14.8 Å². The van der Waals surface area contributed by atoms with Gasteiger partial charge in [-0.1, -0.05) is 41.9 Å². The predicted molar refractivity (Wildman–Crippen MR) is 129 cm³/mol. The Bertz CT molecular complexity index is 1330. The highest BCUT2D eigenvalue weighted by molar-refractivity contribution is 7.70. The van der Waals surface area contributed by atoms with E-state index in [1.54, 1.807) is 6.07 Å². The second kappa shape index (κ2) is 10.4. The van der Waals surface area contributed by atoms with E-state index in [2.05, 4.69) is 19.9 Å². The van der Waals surface area contributed by atoms with E-state index in [1.807, 2.05) is 37.3 Å². The van der Waals surface area contributed by atoms with Crippen molar-refractivity contribution < 1.29 is 42.6 Å². The Morgan fingerprint density at radius 2 is 1.97 bits per heavy atom. The molecule has 196 valence electrons. The van der Waals surface area contributed by atoms with Gasteiger partial charge in [0.2, 0.25) is 0 Å². The molecule has 0 saturated carbocycles. The summed E-state index contributed by atoms with van der Waals surface area (Å²) in [6, 6.07) is 11.1. The first kappa shape index (κ1) is 27.1. The zero-order chi connectivity index (χ0) is 26.3. The minimum absolute atomic E-state index is 0.0968. The van der Waals surface area contributed by atoms with Crippen molar-refractivity contribution in [3.63, 3.8) is 0 Å². The first-order chi connectivity index (χ1) is 16.8. The summed E-state index contributed by atoms with van der Waals surface area (Å²) in [5, 5.41) is 18.4. The first-order valence-electron chi connectivity index (χ1n) is 10.7. The molecule has 12 nitrogen and oxygen atoms in total. The molecule has 16 heteroatoms. The molecule has 1 aliphatic rings. The number of hydrogen-bond donors (Lipinski definition) is 5. The molecule has 1 fully saturated rings. The van der Waals surface area contributed by atoms with Crippen LogP contribution in [0.1, 0.15) is 24.8 Å². The number of aliphatic hydroxyl groups is 1. The van der Waals surface area contributed by atoms with Crippen LogP contribution in [0.4, 0.5) is 10.1 Å². The van der Waals surface area contributed by atoms with Gasteiger partial charge >= 0.3 is 15.2 Å². The van der Waals surface area contributed by atoms with Crippen molar-refractivity contribution in [3.05, 3.63) is 53.3 Å². The highest BCUT2D eigenvalue weighted by atomic mass is 35.5. The van der Waals surface area contributed by atoms with Crippen LogP contribution in [0.5, 0.6) is 0 Å².